The lowest BCUT2D eigenvalue weighted by molar-refractivity contribution is 0.479. The third kappa shape index (κ3) is 1.64. The summed E-state index contributed by atoms with van der Waals surface area (Å²) in [5.74, 6) is 0.799. The fraction of sp³-hybridized carbons (Fsp3) is 0.133. The van der Waals surface area contributed by atoms with Crippen molar-refractivity contribution >= 4 is 16.7 Å². The average molecular weight is 253 g/mol. The van der Waals surface area contributed by atoms with Crippen LogP contribution < -0.4 is 5.73 Å². The molecule has 0 aliphatic carbocycles. The Morgan fingerprint density at radius 2 is 1.89 bits per heavy atom. The summed E-state index contributed by atoms with van der Waals surface area (Å²) in [4.78, 5) is 4.59. The lowest BCUT2D eigenvalue weighted by Crippen LogP contribution is -1.95. The molecule has 3 aromatic rings. The molecule has 1 heterocycles. The van der Waals surface area contributed by atoms with Crippen LogP contribution in [0.5, 0.6) is 5.75 Å². The molecule has 0 saturated heterocycles. The van der Waals surface area contributed by atoms with Crippen LogP contribution in [-0.4, -0.2) is 14.7 Å². The molecule has 0 bridgehead atoms. The highest BCUT2D eigenvalue weighted by atomic mass is 16.3. The summed E-state index contributed by atoms with van der Waals surface area (Å²) < 4.78 is 1.99. The van der Waals surface area contributed by atoms with Gasteiger partial charge < -0.3 is 15.4 Å². The van der Waals surface area contributed by atoms with E-state index < -0.39 is 0 Å². The van der Waals surface area contributed by atoms with E-state index in [0.29, 0.717) is 17.1 Å². The fourth-order valence-corrected chi connectivity index (χ4v) is 2.45. The number of nitrogens with two attached hydrogens (primary N) is 1. The molecule has 1 aromatic heterocycles. The van der Waals surface area contributed by atoms with Crippen LogP contribution in [-0.2, 0) is 7.05 Å². The Kier molecular flexibility index (Phi) is 2.45. The van der Waals surface area contributed by atoms with Crippen LogP contribution in [0.15, 0.2) is 36.4 Å². The summed E-state index contributed by atoms with van der Waals surface area (Å²) in [6, 6.07) is 11.3. The third-order valence-corrected chi connectivity index (χ3v) is 3.40. The Bertz CT molecular complexity index is 774. The molecule has 0 fully saturated rings. The van der Waals surface area contributed by atoms with Gasteiger partial charge in [-0.25, -0.2) is 4.98 Å². The lowest BCUT2D eigenvalue weighted by atomic mass is 10.1. The predicted octanol–water partition coefficient (Wildman–Crippen LogP) is 2.84. The molecule has 0 atom stereocenters. The lowest BCUT2D eigenvalue weighted by Gasteiger charge is -2.07. The SMILES string of the molecule is Cc1cccc2nc(-c3cccc(N)c3O)n(C)c12. The monoisotopic (exact) mass is 253 g/mol. The minimum Gasteiger partial charge on any atom is -0.505 e. The van der Waals surface area contributed by atoms with Crippen molar-refractivity contribution in [2.24, 2.45) is 7.05 Å². The first-order chi connectivity index (χ1) is 9.09. The van der Waals surface area contributed by atoms with Crippen molar-refractivity contribution in [3.05, 3.63) is 42.0 Å². The number of imidazole rings is 1. The topological polar surface area (TPSA) is 64.1 Å². The zero-order chi connectivity index (χ0) is 13.6. The van der Waals surface area contributed by atoms with Crippen molar-refractivity contribution in [2.75, 3.05) is 5.73 Å². The number of aryl methyl sites for hydroxylation is 2. The van der Waals surface area contributed by atoms with E-state index in [1.54, 1.807) is 6.07 Å². The Hall–Kier alpha value is -2.49. The molecule has 3 rings (SSSR count). The maximum Gasteiger partial charge on any atom is 0.149 e. The van der Waals surface area contributed by atoms with Crippen LogP contribution in [0.4, 0.5) is 5.69 Å². The summed E-state index contributed by atoms with van der Waals surface area (Å²) in [5.41, 5.74) is 9.90. The van der Waals surface area contributed by atoms with Gasteiger partial charge in [0.15, 0.2) is 0 Å². The molecule has 96 valence electrons. The van der Waals surface area contributed by atoms with Gasteiger partial charge in [-0.3, -0.25) is 0 Å². The molecule has 4 heteroatoms. The van der Waals surface area contributed by atoms with Crippen molar-refractivity contribution in [1.29, 1.82) is 0 Å². The van der Waals surface area contributed by atoms with Gasteiger partial charge in [0.25, 0.3) is 0 Å². The van der Waals surface area contributed by atoms with E-state index in [9.17, 15) is 5.11 Å². The quantitative estimate of drug-likeness (QED) is 0.517. The summed E-state index contributed by atoms with van der Waals surface area (Å²) in [6.07, 6.45) is 0. The van der Waals surface area contributed by atoms with E-state index in [1.165, 1.54) is 0 Å². The Balaban J connectivity index is 2.35. The van der Waals surface area contributed by atoms with E-state index in [1.807, 2.05) is 48.9 Å². The van der Waals surface area contributed by atoms with Gasteiger partial charge in [0.2, 0.25) is 0 Å². The molecule has 19 heavy (non-hydrogen) atoms. The predicted molar refractivity (Wildman–Crippen MR) is 77.0 cm³/mol. The standard InChI is InChI=1S/C15H15N3O/c1-9-5-3-8-12-13(9)18(2)15(17-12)10-6-4-7-11(16)14(10)19/h3-8,19H,16H2,1-2H3. The van der Waals surface area contributed by atoms with Gasteiger partial charge in [0.1, 0.15) is 11.6 Å². The van der Waals surface area contributed by atoms with Crippen LogP contribution in [0.25, 0.3) is 22.4 Å². The van der Waals surface area contributed by atoms with Gasteiger partial charge in [0.05, 0.1) is 22.3 Å². The molecule has 0 aliphatic heterocycles. The van der Waals surface area contributed by atoms with Crippen molar-refractivity contribution in [3.63, 3.8) is 0 Å². The van der Waals surface area contributed by atoms with Gasteiger partial charge >= 0.3 is 0 Å². The first kappa shape index (κ1) is 11.6. The third-order valence-electron chi connectivity index (χ3n) is 3.40. The number of phenolic OH excluding ortho intramolecular Hbond substituents is 1. The second-order valence-electron chi connectivity index (χ2n) is 4.68. The van der Waals surface area contributed by atoms with Crippen molar-refractivity contribution in [1.82, 2.24) is 9.55 Å². The first-order valence-corrected chi connectivity index (χ1v) is 6.09. The molecule has 4 nitrogen and oxygen atoms in total. The Morgan fingerprint density at radius 1 is 1.16 bits per heavy atom. The minimum absolute atomic E-state index is 0.0820. The van der Waals surface area contributed by atoms with Crippen LogP contribution in [0.2, 0.25) is 0 Å². The van der Waals surface area contributed by atoms with E-state index >= 15 is 0 Å². The van der Waals surface area contributed by atoms with Crippen molar-refractivity contribution in [2.45, 2.75) is 6.92 Å². The van der Waals surface area contributed by atoms with Gasteiger partial charge in [0, 0.05) is 7.05 Å². The van der Waals surface area contributed by atoms with Crippen molar-refractivity contribution < 1.29 is 5.11 Å². The normalized spacial score (nSPS) is 11.1. The van der Waals surface area contributed by atoms with E-state index in [4.69, 9.17) is 5.73 Å². The number of anilines is 1. The highest BCUT2D eigenvalue weighted by molar-refractivity contribution is 5.85. The number of rotatable bonds is 1. The molecule has 3 N–H and O–H groups in total. The highest BCUT2D eigenvalue weighted by Gasteiger charge is 2.15. The van der Waals surface area contributed by atoms with Crippen LogP contribution in [0, 0.1) is 6.92 Å². The fourth-order valence-electron chi connectivity index (χ4n) is 2.45. The Labute approximate surface area is 111 Å². The van der Waals surface area contributed by atoms with Crippen LogP contribution in [0.3, 0.4) is 0 Å². The van der Waals surface area contributed by atoms with Crippen LogP contribution in [0.1, 0.15) is 5.56 Å². The number of para-hydroxylation sites is 2. The second-order valence-corrected chi connectivity index (χ2v) is 4.68. The Morgan fingerprint density at radius 3 is 2.63 bits per heavy atom. The first-order valence-electron chi connectivity index (χ1n) is 6.09. The number of phenols is 1. The average Bonchev–Trinajstić information content (AvgIpc) is 2.72. The number of benzene rings is 2. The summed E-state index contributed by atoms with van der Waals surface area (Å²) in [5, 5.41) is 10.1. The minimum atomic E-state index is 0.0820. The molecule has 2 aromatic carbocycles. The molecule has 0 unspecified atom stereocenters. The zero-order valence-electron chi connectivity index (χ0n) is 10.9. The number of aromatic hydroxyl groups is 1. The number of hydrogen-bond donors (Lipinski definition) is 2. The molecule has 0 aliphatic rings. The molecular formula is C15H15N3O. The molecule has 0 saturated carbocycles. The maximum atomic E-state index is 10.1. The zero-order valence-corrected chi connectivity index (χ0v) is 10.9. The van der Waals surface area contributed by atoms with E-state index in [2.05, 4.69) is 4.98 Å². The largest absolute Gasteiger partial charge is 0.505 e. The number of nitrogen functional groups attached to an aromatic ring is 1. The van der Waals surface area contributed by atoms with Crippen LogP contribution >= 0.6 is 0 Å². The second kappa shape index (κ2) is 4.02. The van der Waals surface area contributed by atoms with E-state index in [-0.39, 0.29) is 5.75 Å². The maximum absolute atomic E-state index is 10.1. The number of hydrogen-bond acceptors (Lipinski definition) is 3. The van der Waals surface area contributed by atoms with Gasteiger partial charge in [-0.1, -0.05) is 18.2 Å². The molecular weight excluding hydrogens is 238 g/mol. The smallest absolute Gasteiger partial charge is 0.149 e. The van der Waals surface area contributed by atoms with E-state index in [0.717, 1.165) is 16.6 Å². The van der Waals surface area contributed by atoms with Gasteiger partial charge in [-0.15, -0.1) is 0 Å². The summed E-state index contributed by atoms with van der Waals surface area (Å²) in [6.45, 7) is 2.05. The number of fused-ring (bicyclic) bond motifs is 1. The highest BCUT2D eigenvalue weighted by Crippen LogP contribution is 2.34. The van der Waals surface area contributed by atoms with Crippen molar-refractivity contribution in [3.8, 4) is 17.1 Å². The number of nitrogens with zero attached hydrogens (tertiary/aromatic N) is 2. The molecule has 0 radical (unpaired) electrons. The van der Waals surface area contributed by atoms with Gasteiger partial charge in [-0.05, 0) is 30.7 Å². The molecule has 0 amide bonds. The summed E-state index contributed by atoms with van der Waals surface area (Å²) >= 11 is 0. The number of aromatic nitrogens is 2. The van der Waals surface area contributed by atoms with Gasteiger partial charge in [-0.2, -0.15) is 0 Å². The summed E-state index contributed by atoms with van der Waals surface area (Å²) in [7, 11) is 1.94. The molecule has 0 spiro atoms.